The first-order chi connectivity index (χ1) is 14.5. The third-order valence-electron chi connectivity index (χ3n) is 5.02. The average molecular weight is 426 g/mol. The zero-order valence-corrected chi connectivity index (χ0v) is 17.3. The molecule has 0 bridgehead atoms. The number of carbonyl (C=O) groups is 1. The molecule has 156 valence electrons. The van der Waals surface area contributed by atoms with Crippen LogP contribution in [0.2, 0.25) is 0 Å². The van der Waals surface area contributed by atoms with Gasteiger partial charge in [-0.05, 0) is 42.7 Å². The summed E-state index contributed by atoms with van der Waals surface area (Å²) in [6.07, 6.45) is 4.42. The molecular formula is C21H23N5O3S. The van der Waals surface area contributed by atoms with Crippen molar-refractivity contribution in [2.45, 2.75) is 30.7 Å². The minimum atomic E-state index is -3.49. The lowest BCUT2D eigenvalue weighted by atomic mass is 10.2. The molecule has 30 heavy (non-hydrogen) atoms. The molecular weight excluding hydrogens is 402 g/mol. The predicted octanol–water partition coefficient (Wildman–Crippen LogP) is 2.75. The summed E-state index contributed by atoms with van der Waals surface area (Å²) in [7, 11) is -3.49. The molecule has 4 rings (SSSR count). The summed E-state index contributed by atoms with van der Waals surface area (Å²) in [5.41, 5.74) is 1.74. The largest absolute Gasteiger partial charge is 0.321 e. The minimum absolute atomic E-state index is 0.191. The molecule has 0 radical (unpaired) electrons. The van der Waals surface area contributed by atoms with Gasteiger partial charge in [-0.3, -0.25) is 4.79 Å². The van der Waals surface area contributed by atoms with Gasteiger partial charge in [0, 0.05) is 18.8 Å². The zero-order chi connectivity index (χ0) is 21.0. The molecule has 1 aliphatic heterocycles. The zero-order valence-electron chi connectivity index (χ0n) is 16.4. The fourth-order valence-corrected chi connectivity index (χ4v) is 4.93. The molecule has 0 unspecified atom stereocenters. The molecule has 0 spiro atoms. The summed E-state index contributed by atoms with van der Waals surface area (Å²) in [5, 5.41) is 10.6. The fraction of sp³-hybridized carbons (Fsp3) is 0.286. The van der Waals surface area contributed by atoms with E-state index in [1.807, 2.05) is 30.3 Å². The molecule has 0 atom stereocenters. The Bertz CT molecular complexity index is 1110. The summed E-state index contributed by atoms with van der Waals surface area (Å²) in [5.74, 6) is -0.402. The maximum atomic E-state index is 12.7. The van der Waals surface area contributed by atoms with Crippen molar-refractivity contribution in [1.82, 2.24) is 19.3 Å². The van der Waals surface area contributed by atoms with E-state index in [1.54, 1.807) is 23.0 Å². The molecule has 1 amide bonds. The SMILES string of the molecule is O=C(Nc1ccc(S(=O)(=O)N2CCCCC2)cc1)c1cn(Cc2ccccc2)nn1. The number of sulfonamides is 1. The van der Waals surface area contributed by atoms with E-state index in [9.17, 15) is 13.2 Å². The van der Waals surface area contributed by atoms with Gasteiger partial charge in [0.2, 0.25) is 10.0 Å². The van der Waals surface area contributed by atoms with Gasteiger partial charge in [0.05, 0.1) is 17.6 Å². The fourth-order valence-electron chi connectivity index (χ4n) is 3.41. The highest BCUT2D eigenvalue weighted by molar-refractivity contribution is 7.89. The van der Waals surface area contributed by atoms with Crippen molar-refractivity contribution < 1.29 is 13.2 Å². The van der Waals surface area contributed by atoms with Crippen LogP contribution in [0.25, 0.3) is 0 Å². The highest BCUT2D eigenvalue weighted by Gasteiger charge is 2.25. The molecule has 0 saturated carbocycles. The van der Waals surface area contributed by atoms with Crippen molar-refractivity contribution in [2.24, 2.45) is 0 Å². The van der Waals surface area contributed by atoms with E-state index in [-0.39, 0.29) is 10.6 Å². The van der Waals surface area contributed by atoms with Crippen LogP contribution in [0, 0.1) is 0 Å². The van der Waals surface area contributed by atoms with Crippen molar-refractivity contribution in [3.8, 4) is 0 Å². The van der Waals surface area contributed by atoms with Crippen molar-refractivity contribution in [2.75, 3.05) is 18.4 Å². The number of nitrogens with zero attached hydrogens (tertiary/aromatic N) is 4. The maximum Gasteiger partial charge on any atom is 0.277 e. The lowest BCUT2D eigenvalue weighted by Gasteiger charge is -2.25. The first-order valence-corrected chi connectivity index (χ1v) is 11.3. The number of rotatable bonds is 6. The van der Waals surface area contributed by atoms with Crippen LogP contribution >= 0.6 is 0 Å². The Morgan fingerprint density at radius 1 is 0.967 bits per heavy atom. The van der Waals surface area contributed by atoms with Crippen LogP contribution in [-0.2, 0) is 16.6 Å². The van der Waals surface area contributed by atoms with Crippen molar-refractivity contribution in [3.05, 3.63) is 72.1 Å². The molecule has 1 fully saturated rings. The highest BCUT2D eigenvalue weighted by Crippen LogP contribution is 2.22. The Morgan fingerprint density at radius 3 is 2.37 bits per heavy atom. The summed E-state index contributed by atoms with van der Waals surface area (Å²) >= 11 is 0. The first-order valence-electron chi connectivity index (χ1n) is 9.88. The number of aromatic nitrogens is 3. The summed E-state index contributed by atoms with van der Waals surface area (Å²) < 4.78 is 28.5. The van der Waals surface area contributed by atoms with Crippen LogP contribution in [-0.4, -0.2) is 46.7 Å². The monoisotopic (exact) mass is 425 g/mol. The van der Waals surface area contributed by atoms with Gasteiger partial charge in [0.15, 0.2) is 5.69 Å². The molecule has 8 nitrogen and oxygen atoms in total. The Labute approximate surface area is 175 Å². The van der Waals surface area contributed by atoms with E-state index in [4.69, 9.17) is 0 Å². The van der Waals surface area contributed by atoms with Crippen LogP contribution in [0.5, 0.6) is 0 Å². The van der Waals surface area contributed by atoms with Crippen LogP contribution in [0.15, 0.2) is 65.7 Å². The summed E-state index contributed by atoms with van der Waals surface area (Å²) in [6.45, 7) is 1.63. The Hall–Kier alpha value is -3.04. The number of nitrogens with one attached hydrogen (secondary N) is 1. The van der Waals surface area contributed by atoms with Crippen LogP contribution in [0.4, 0.5) is 5.69 Å². The Kier molecular flexibility index (Phi) is 5.91. The normalized spacial score (nSPS) is 15.1. The van der Waals surface area contributed by atoms with Gasteiger partial charge in [0.25, 0.3) is 5.91 Å². The Morgan fingerprint density at radius 2 is 1.67 bits per heavy atom. The number of anilines is 1. The van der Waals surface area contributed by atoms with E-state index < -0.39 is 15.9 Å². The molecule has 1 aromatic heterocycles. The molecule has 0 aliphatic carbocycles. The second kappa shape index (κ2) is 8.76. The van der Waals surface area contributed by atoms with Crippen molar-refractivity contribution in [1.29, 1.82) is 0 Å². The third-order valence-corrected chi connectivity index (χ3v) is 6.94. The third kappa shape index (κ3) is 4.58. The lowest BCUT2D eigenvalue weighted by Crippen LogP contribution is -2.35. The van der Waals surface area contributed by atoms with Gasteiger partial charge in [-0.15, -0.1) is 5.10 Å². The first kappa shape index (κ1) is 20.2. The smallest absolute Gasteiger partial charge is 0.277 e. The van der Waals surface area contributed by atoms with Crippen LogP contribution < -0.4 is 5.32 Å². The number of amides is 1. The van der Waals surface area contributed by atoms with Crippen LogP contribution in [0.3, 0.4) is 0 Å². The highest BCUT2D eigenvalue weighted by atomic mass is 32.2. The summed E-state index contributed by atoms with van der Waals surface area (Å²) in [4.78, 5) is 12.7. The number of benzene rings is 2. The minimum Gasteiger partial charge on any atom is -0.321 e. The van der Waals surface area contributed by atoms with Gasteiger partial charge < -0.3 is 5.32 Å². The van der Waals surface area contributed by atoms with E-state index in [1.165, 1.54) is 16.4 Å². The van der Waals surface area contributed by atoms with E-state index in [0.29, 0.717) is 25.3 Å². The van der Waals surface area contributed by atoms with Gasteiger partial charge in [-0.25, -0.2) is 13.1 Å². The molecule has 1 saturated heterocycles. The lowest BCUT2D eigenvalue weighted by molar-refractivity contribution is 0.102. The Balaban J connectivity index is 1.40. The van der Waals surface area contributed by atoms with Crippen LogP contribution in [0.1, 0.15) is 35.3 Å². The molecule has 3 aromatic rings. The summed E-state index contributed by atoms with van der Waals surface area (Å²) in [6, 6.07) is 16.0. The molecule has 2 heterocycles. The number of piperidine rings is 1. The van der Waals surface area contributed by atoms with Gasteiger partial charge in [-0.2, -0.15) is 4.31 Å². The second-order valence-corrected chi connectivity index (χ2v) is 9.17. The molecule has 1 aliphatic rings. The van der Waals surface area contributed by atoms with E-state index in [0.717, 1.165) is 24.8 Å². The van der Waals surface area contributed by atoms with Gasteiger partial charge in [-0.1, -0.05) is 42.0 Å². The molecule has 1 N–H and O–H groups in total. The molecule has 2 aromatic carbocycles. The van der Waals surface area contributed by atoms with Gasteiger partial charge >= 0.3 is 0 Å². The number of hydrogen-bond donors (Lipinski definition) is 1. The number of carbonyl (C=O) groups excluding carboxylic acids is 1. The van der Waals surface area contributed by atoms with E-state index in [2.05, 4.69) is 15.6 Å². The van der Waals surface area contributed by atoms with Crippen molar-refractivity contribution in [3.63, 3.8) is 0 Å². The average Bonchev–Trinajstić information content (AvgIpc) is 3.24. The van der Waals surface area contributed by atoms with Crippen molar-refractivity contribution >= 4 is 21.6 Å². The van der Waals surface area contributed by atoms with E-state index >= 15 is 0 Å². The topological polar surface area (TPSA) is 97.2 Å². The number of hydrogen-bond acceptors (Lipinski definition) is 5. The molecule has 9 heteroatoms. The predicted molar refractivity (Wildman–Crippen MR) is 113 cm³/mol. The standard InChI is InChI=1S/C21H23N5O3S/c27-21(20-16-25(24-23-20)15-17-7-3-1-4-8-17)22-18-9-11-19(12-10-18)30(28,29)26-13-5-2-6-14-26/h1,3-4,7-12,16H,2,5-6,13-15H2,(H,22,27). The quantitative estimate of drug-likeness (QED) is 0.655. The van der Waals surface area contributed by atoms with Gasteiger partial charge in [0.1, 0.15) is 0 Å². The maximum absolute atomic E-state index is 12.7. The second-order valence-electron chi connectivity index (χ2n) is 7.23.